The summed E-state index contributed by atoms with van der Waals surface area (Å²) >= 11 is 0. The molecule has 0 amide bonds. The molecular weight excluding hydrogens is 246 g/mol. The van der Waals surface area contributed by atoms with Gasteiger partial charge in [-0.25, -0.2) is 0 Å². The summed E-state index contributed by atoms with van der Waals surface area (Å²) in [6.45, 7) is 0.918. The highest BCUT2D eigenvalue weighted by atomic mass is 15.1. The van der Waals surface area contributed by atoms with Crippen LogP contribution in [0.3, 0.4) is 0 Å². The Morgan fingerprint density at radius 2 is 2.05 bits per heavy atom. The number of aryl methyl sites for hydroxylation is 2. The molecule has 3 aliphatic rings. The van der Waals surface area contributed by atoms with Crippen molar-refractivity contribution in [3.63, 3.8) is 0 Å². The molecule has 20 heavy (non-hydrogen) atoms. The number of anilines is 1. The van der Waals surface area contributed by atoms with Crippen LogP contribution in [0.15, 0.2) is 23.2 Å². The highest BCUT2D eigenvalue weighted by molar-refractivity contribution is 5.92. The van der Waals surface area contributed by atoms with E-state index in [0.29, 0.717) is 11.4 Å². The van der Waals surface area contributed by atoms with Gasteiger partial charge in [0.1, 0.15) is 0 Å². The van der Waals surface area contributed by atoms with Gasteiger partial charge < -0.3 is 11.1 Å². The molecule has 106 valence electrons. The highest BCUT2D eigenvalue weighted by Gasteiger charge is 2.53. The quantitative estimate of drug-likeness (QED) is 0.652. The molecule has 0 spiro atoms. The second kappa shape index (κ2) is 4.51. The number of nitrogens with one attached hydrogen (secondary N) is 1. The normalized spacial score (nSPS) is 23.5. The summed E-state index contributed by atoms with van der Waals surface area (Å²) in [4.78, 5) is 4.59. The standard InChI is InChI=1S/C17H23N3/c18-16(19-11-17(8-9-17)14-5-6-14)20-15-7-4-12-2-1-3-13(12)10-15/h4,7,10,14H,1-3,5-6,8-9,11H2,(H3,18,19,20). The van der Waals surface area contributed by atoms with Crippen LogP contribution in [0.5, 0.6) is 0 Å². The Bertz CT molecular complexity index is 553. The van der Waals surface area contributed by atoms with Gasteiger partial charge in [-0.3, -0.25) is 4.99 Å². The maximum atomic E-state index is 6.05. The van der Waals surface area contributed by atoms with Crippen molar-refractivity contribution in [2.24, 2.45) is 22.1 Å². The lowest BCUT2D eigenvalue weighted by molar-refractivity contribution is 0.454. The lowest BCUT2D eigenvalue weighted by Crippen LogP contribution is -2.24. The van der Waals surface area contributed by atoms with Gasteiger partial charge >= 0.3 is 0 Å². The Balaban J connectivity index is 1.40. The summed E-state index contributed by atoms with van der Waals surface area (Å²) in [5, 5.41) is 3.26. The zero-order valence-corrected chi connectivity index (χ0v) is 12.0. The summed E-state index contributed by atoms with van der Waals surface area (Å²) < 4.78 is 0. The van der Waals surface area contributed by atoms with E-state index < -0.39 is 0 Å². The Morgan fingerprint density at radius 3 is 2.80 bits per heavy atom. The van der Waals surface area contributed by atoms with Gasteiger partial charge in [-0.2, -0.15) is 0 Å². The van der Waals surface area contributed by atoms with Gasteiger partial charge in [0.2, 0.25) is 0 Å². The maximum absolute atomic E-state index is 6.05. The van der Waals surface area contributed by atoms with Gasteiger partial charge in [0.15, 0.2) is 5.96 Å². The molecule has 0 saturated heterocycles. The number of benzene rings is 1. The molecule has 3 heteroatoms. The largest absolute Gasteiger partial charge is 0.370 e. The van der Waals surface area contributed by atoms with Crippen LogP contribution in [0.1, 0.15) is 43.2 Å². The molecule has 0 aliphatic heterocycles. The van der Waals surface area contributed by atoms with E-state index >= 15 is 0 Å². The Hall–Kier alpha value is -1.51. The third kappa shape index (κ3) is 2.30. The predicted octanol–water partition coefficient (Wildman–Crippen LogP) is 3.09. The third-order valence-corrected chi connectivity index (χ3v) is 5.27. The van der Waals surface area contributed by atoms with Crippen LogP contribution in [0.4, 0.5) is 5.69 Å². The first-order chi connectivity index (χ1) is 9.75. The summed E-state index contributed by atoms with van der Waals surface area (Å²) in [5.74, 6) is 1.52. The first kappa shape index (κ1) is 12.2. The van der Waals surface area contributed by atoms with Crippen molar-refractivity contribution in [3.05, 3.63) is 29.3 Å². The first-order valence-electron chi connectivity index (χ1n) is 7.94. The zero-order chi connectivity index (χ0) is 13.6. The fraction of sp³-hybridized carbons (Fsp3) is 0.588. The number of hydrogen-bond donors (Lipinski definition) is 2. The van der Waals surface area contributed by atoms with Crippen LogP contribution in [-0.2, 0) is 12.8 Å². The monoisotopic (exact) mass is 269 g/mol. The molecule has 2 fully saturated rings. The van der Waals surface area contributed by atoms with Crippen LogP contribution in [0, 0.1) is 11.3 Å². The number of fused-ring (bicyclic) bond motifs is 1. The molecule has 0 unspecified atom stereocenters. The molecule has 0 heterocycles. The molecule has 0 bridgehead atoms. The van der Waals surface area contributed by atoms with Gasteiger partial charge in [-0.15, -0.1) is 0 Å². The first-order valence-corrected chi connectivity index (χ1v) is 7.94. The average molecular weight is 269 g/mol. The predicted molar refractivity (Wildman–Crippen MR) is 83.0 cm³/mol. The number of hydrogen-bond acceptors (Lipinski definition) is 1. The van der Waals surface area contributed by atoms with Crippen molar-refractivity contribution in [1.82, 2.24) is 0 Å². The molecule has 3 nitrogen and oxygen atoms in total. The van der Waals surface area contributed by atoms with Crippen molar-refractivity contribution >= 4 is 11.6 Å². The number of aliphatic imine (C=N–C) groups is 1. The minimum atomic E-state index is 0.532. The SMILES string of the molecule is NC(=NCC1(C2CC2)CC1)Nc1ccc2c(c1)CCC2. The van der Waals surface area contributed by atoms with Gasteiger partial charge in [0.25, 0.3) is 0 Å². The van der Waals surface area contributed by atoms with Gasteiger partial charge in [0, 0.05) is 12.2 Å². The summed E-state index contributed by atoms with van der Waals surface area (Å²) in [7, 11) is 0. The number of nitrogens with zero attached hydrogens (tertiary/aromatic N) is 1. The second-order valence-corrected chi connectivity index (χ2v) is 6.80. The molecule has 0 atom stereocenters. The van der Waals surface area contributed by atoms with Crippen molar-refractivity contribution in [2.45, 2.75) is 44.9 Å². The number of rotatable bonds is 4. The summed E-state index contributed by atoms with van der Waals surface area (Å²) in [6, 6.07) is 6.59. The smallest absolute Gasteiger partial charge is 0.193 e. The topological polar surface area (TPSA) is 50.4 Å². The zero-order valence-electron chi connectivity index (χ0n) is 12.0. The minimum Gasteiger partial charge on any atom is -0.370 e. The number of guanidine groups is 1. The van der Waals surface area contributed by atoms with Gasteiger partial charge in [0.05, 0.1) is 0 Å². The second-order valence-electron chi connectivity index (χ2n) is 6.80. The van der Waals surface area contributed by atoms with Gasteiger partial charge in [-0.1, -0.05) is 6.07 Å². The van der Waals surface area contributed by atoms with Crippen LogP contribution in [0.2, 0.25) is 0 Å². The highest BCUT2D eigenvalue weighted by Crippen LogP contribution is 2.61. The fourth-order valence-electron chi connectivity index (χ4n) is 3.63. The molecule has 0 radical (unpaired) electrons. The number of nitrogens with two attached hydrogens (primary N) is 1. The average Bonchev–Trinajstić information content (AvgIpc) is 3.33. The molecule has 3 aliphatic carbocycles. The van der Waals surface area contributed by atoms with E-state index in [0.717, 1.165) is 18.2 Å². The summed E-state index contributed by atoms with van der Waals surface area (Å²) in [5.41, 5.74) is 10.6. The Kier molecular flexibility index (Phi) is 2.76. The Labute approximate surface area is 120 Å². The van der Waals surface area contributed by atoms with E-state index in [1.165, 1.54) is 56.1 Å². The molecule has 1 aromatic carbocycles. The summed E-state index contributed by atoms with van der Waals surface area (Å²) in [6.07, 6.45) is 9.24. The molecule has 0 aromatic heterocycles. The van der Waals surface area contributed by atoms with Crippen molar-refractivity contribution in [3.8, 4) is 0 Å². The molecular formula is C17H23N3. The molecule has 3 N–H and O–H groups in total. The van der Waals surface area contributed by atoms with E-state index in [1.54, 1.807) is 0 Å². The van der Waals surface area contributed by atoms with E-state index in [4.69, 9.17) is 5.73 Å². The lowest BCUT2D eigenvalue weighted by Gasteiger charge is -2.12. The lowest BCUT2D eigenvalue weighted by atomic mass is 10.0. The molecule has 4 rings (SSSR count). The van der Waals surface area contributed by atoms with Crippen LogP contribution in [-0.4, -0.2) is 12.5 Å². The van der Waals surface area contributed by atoms with Crippen LogP contribution >= 0.6 is 0 Å². The minimum absolute atomic E-state index is 0.532. The van der Waals surface area contributed by atoms with Crippen molar-refractivity contribution in [2.75, 3.05) is 11.9 Å². The molecule has 2 saturated carbocycles. The molecule has 1 aromatic rings. The maximum Gasteiger partial charge on any atom is 0.193 e. The fourth-order valence-corrected chi connectivity index (χ4v) is 3.63. The van der Waals surface area contributed by atoms with E-state index in [-0.39, 0.29) is 0 Å². The van der Waals surface area contributed by atoms with Crippen molar-refractivity contribution < 1.29 is 0 Å². The van der Waals surface area contributed by atoms with Crippen LogP contribution < -0.4 is 11.1 Å². The van der Waals surface area contributed by atoms with E-state index in [2.05, 4.69) is 28.5 Å². The van der Waals surface area contributed by atoms with Gasteiger partial charge in [-0.05, 0) is 79.5 Å². The van der Waals surface area contributed by atoms with E-state index in [9.17, 15) is 0 Å². The Morgan fingerprint density at radius 1 is 1.25 bits per heavy atom. The van der Waals surface area contributed by atoms with E-state index in [1.807, 2.05) is 0 Å². The van der Waals surface area contributed by atoms with Crippen molar-refractivity contribution in [1.29, 1.82) is 0 Å². The van der Waals surface area contributed by atoms with Crippen LogP contribution in [0.25, 0.3) is 0 Å². The third-order valence-electron chi connectivity index (χ3n) is 5.27.